The highest BCUT2D eigenvalue weighted by Crippen LogP contribution is 2.32. The number of piperidine rings is 1. The summed E-state index contributed by atoms with van der Waals surface area (Å²) in [5, 5.41) is 16.3. The van der Waals surface area contributed by atoms with E-state index in [4.69, 9.17) is 25.5 Å². The van der Waals surface area contributed by atoms with Crippen LogP contribution in [-0.4, -0.2) is 58.7 Å². The van der Waals surface area contributed by atoms with Gasteiger partial charge in [0, 0.05) is 43.8 Å². The first-order chi connectivity index (χ1) is 22.1. The first kappa shape index (κ1) is 28.1. The molecule has 1 aromatic carbocycles. The molecule has 0 saturated carbocycles. The molecule has 0 bridgehead atoms. The van der Waals surface area contributed by atoms with Crippen LogP contribution in [0.15, 0.2) is 77.8 Å². The Balaban J connectivity index is 1.14. The Morgan fingerprint density at radius 1 is 0.978 bits per heavy atom. The van der Waals surface area contributed by atoms with Crippen LogP contribution < -0.4 is 11.1 Å². The van der Waals surface area contributed by atoms with Gasteiger partial charge in [-0.1, -0.05) is 17.3 Å². The van der Waals surface area contributed by atoms with Crippen LogP contribution in [0.4, 0.5) is 16.0 Å². The van der Waals surface area contributed by atoms with Gasteiger partial charge in [0.05, 0.1) is 16.8 Å². The fraction of sp³-hybridized carbons (Fsp3) is 0.219. The Bertz CT molecular complexity index is 2010. The average Bonchev–Trinajstić information content (AvgIpc) is 3.71. The van der Waals surface area contributed by atoms with Crippen molar-refractivity contribution in [2.24, 2.45) is 0 Å². The number of nitrogens with two attached hydrogens (primary N) is 1. The van der Waals surface area contributed by atoms with E-state index in [2.05, 4.69) is 42.5 Å². The summed E-state index contributed by atoms with van der Waals surface area (Å²) in [5.41, 5.74) is 11.4. The molecule has 0 unspecified atom stereocenters. The lowest BCUT2D eigenvalue weighted by Gasteiger charge is -2.32. The van der Waals surface area contributed by atoms with Crippen molar-refractivity contribution in [1.82, 2.24) is 39.5 Å². The molecule has 3 N–H and O–H groups in total. The fourth-order valence-corrected chi connectivity index (χ4v) is 5.65. The van der Waals surface area contributed by atoms with Gasteiger partial charge in [-0.05, 0) is 60.9 Å². The standard InChI is InChI=1S/C32H28FN11O/c33-16-27-24(19-45-42-27)25-7-8-26-32(39-25)44(31(40-26)23-2-1-12-37-30(23)35)22-5-3-20(4-6-22)18-43-14-10-21(11-15-43)38-28-9-13-36-29(17-34)41-28/h1-9,12-13,19,21H,10-11,14-16,18H2,(H2,35,37)(H,36,38,41). The van der Waals surface area contributed by atoms with Gasteiger partial charge in [0.2, 0.25) is 5.82 Å². The van der Waals surface area contributed by atoms with Gasteiger partial charge in [-0.25, -0.2) is 29.3 Å². The number of alkyl halides is 1. The third-order valence-electron chi connectivity index (χ3n) is 7.93. The number of hydrogen-bond acceptors (Lipinski definition) is 11. The molecule has 0 aliphatic carbocycles. The summed E-state index contributed by atoms with van der Waals surface area (Å²) in [6.07, 6.45) is 6.57. The number of benzene rings is 1. The molecule has 0 radical (unpaired) electrons. The highest BCUT2D eigenvalue weighted by Gasteiger charge is 2.22. The van der Waals surface area contributed by atoms with Crippen molar-refractivity contribution in [2.45, 2.75) is 32.1 Å². The lowest BCUT2D eigenvalue weighted by atomic mass is 10.0. The van der Waals surface area contributed by atoms with Crippen LogP contribution in [0.25, 0.3) is 39.5 Å². The summed E-state index contributed by atoms with van der Waals surface area (Å²) in [4.78, 5) is 24.6. The number of likely N-dealkylation sites (tertiary alicyclic amines) is 1. The number of halogens is 1. The molecule has 1 aliphatic heterocycles. The minimum absolute atomic E-state index is 0.165. The number of fused-ring (bicyclic) bond motifs is 1. The summed E-state index contributed by atoms with van der Waals surface area (Å²) in [6.45, 7) is 1.92. The first-order valence-electron chi connectivity index (χ1n) is 14.5. The van der Waals surface area contributed by atoms with Crippen LogP contribution in [0.1, 0.15) is 29.9 Å². The maximum absolute atomic E-state index is 13.6. The highest BCUT2D eigenvalue weighted by molar-refractivity contribution is 5.84. The monoisotopic (exact) mass is 601 g/mol. The van der Waals surface area contributed by atoms with Crippen LogP contribution >= 0.6 is 0 Å². The summed E-state index contributed by atoms with van der Waals surface area (Å²) >= 11 is 0. The van der Waals surface area contributed by atoms with Crippen molar-refractivity contribution in [3.05, 3.63) is 90.3 Å². The third kappa shape index (κ3) is 5.66. The zero-order valence-electron chi connectivity index (χ0n) is 24.1. The largest absolute Gasteiger partial charge is 0.383 e. The van der Waals surface area contributed by atoms with E-state index in [0.29, 0.717) is 45.4 Å². The topological polar surface area (TPSA) is 160 Å². The van der Waals surface area contributed by atoms with Crippen LogP contribution in [-0.2, 0) is 13.2 Å². The molecule has 0 spiro atoms. The predicted octanol–water partition coefficient (Wildman–Crippen LogP) is 4.93. The van der Waals surface area contributed by atoms with Crippen molar-refractivity contribution in [3.63, 3.8) is 0 Å². The summed E-state index contributed by atoms with van der Waals surface area (Å²) in [6, 6.07) is 19.7. The summed E-state index contributed by atoms with van der Waals surface area (Å²) in [7, 11) is 0. The number of nitriles is 1. The Morgan fingerprint density at radius 3 is 2.60 bits per heavy atom. The van der Waals surface area contributed by atoms with Crippen LogP contribution in [0.5, 0.6) is 0 Å². The van der Waals surface area contributed by atoms with E-state index in [0.717, 1.165) is 38.2 Å². The molecular weight excluding hydrogens is 573 g/mol. The molecule has 5 aromatic heterocycles. The van der Waals surface area contributed by atoms with E-state index >= 15 is 0 Å². The Hall–Kier alpha value is -5.74. The van der Waals surface area contributed by atoms with Gasteiger partial charge in [-0.3, -0.25) is 9.47 Å². The summed E-state index contributed by atoms with van der Waals surface area (Å²) in [5.74, 6) is 1.80. The van der Waals surface area contributed by atoms with Gasteiger partial charge >= 0.3 is 0 Å². The van der Waals surface area contributed by atoms with Gasteiger partial charge in [-0.2, -0.15) is 5.26 Å². The van der Waals surface area contributed by atoms with Gasteiger partial charge in [-0.15, -0.1) is 0 Å². The van der Waals surface area contributed by atoms with Crippen LogP contribution in [0.3, 0.4) is 0 Å². The van der Waals surface area contributed by atoms with Crippen molar-refractivity contribution in [2.75, 3.05) is 24.1 Å². The average molecular weight is 602 g/mol. The van der Waals surface area contributed by atoms with Gasteiger partial charge in [0.25, 0.3) is 0 Å². The van der Waals surface area contributed by atoms with E-state index in [1.165, 1.54) is 11.8 Å². The molecule has 1 saturated heterocycles. The Kier molecular flexibility index (Phi) is 7.54. The molecule has 0 atom stereocenters. The molecule has 12 nitrogen and oxygen atoms in total. The highest BCUT2D eigenvalue weighted by atomic mass is 19.1. The third-order valence-corrected chi connectivity index (χ3v) is 7.93. The van der Waals surface area contributed by atoms with E-state index in [1.807, 2.05) is 41.0 Å². The molecule has 1 aliphatic rings. The Labute approximate surface area is 257 Å². The number of nitrogens with zero attached hydrogens (tertiary/aromatic N) is 9. The second-order valence-electron chi connectivity index (χ2n) is 10.8. The van der Waals surface area contributed by atoms with Gasteiger partial charge < -0.3 is 15.6 Å². The number of pyridine rings is 2. The number of aromatic nitrogens is 7. The second kappa shape index (κ2) is 12.1. The van der Waals surface area contributed by atoms with Crippen LogP contribution in [0.2, 0.25) is 0 Å². The lowest BCUT2D eigenvalue weighted by molar-refractivity contribution is 0.211. The number of rotatable bonds is 8. The number of imidazole rings is 1. The van der Waals surface area contributed by atoms with Gasteiger partial charge in [0.15, 0.2) is 11.5 Å². The minimum atomic E-state index is -0.761. The number of nitrogens with one attached hydrogen (secondary N) is 1. The molecule has 6 aromatic rings. The molecule has 13 heteroatoms. The SMILES string of the molecule is N#Cc1nccc(NC2CCN(Cc3ccc(-n4c(-c5cccnc5N)nc5ccc(-c6conc6CF)nc54)cc3)CC2)n1. The molecule has 7 rings (SSSR count). The fourth-order valence-electron chi connectivity index (χ4n) is 5.65. The van der Waals surface area contributed by atoms with Crippen molar-refractivity contribution in [3.8, 4) is 34.4 Å². The second-order valence-corrected chi connectivity index (χ2v) is 10.8. The first-order valence-corrected chi connectivity index (χ1v) is 14.5. The quantitative estimate of drug-likeness (QED) is 0.243. The lowest BCUT2D eigenvalue weighted by Crippen LogP contribution is -2.38. The van der Waals surface area contributed by atoms with E-state index in [-0.39, 0.29) is 17.6 Å². The zero-order chi connectivity index (χ0) is 30.8. The number of anilines is 2. The smallest absolute Gasteiger partial charge is 0.234 e. The molecule has 6 heterocycles. The maximum Gasteiger partial charge on any atom is 0.234 e. The van der Waals surface area contributed by atoms with E-state index < -0.39 is 6.67 Å². The van der Waals surface area contributed by atoms with E-state index in [9.17, 15) is 4.39 Å². The number of hydrogen-bond donors (Lipinski definition) is 2. The van der Waals surface area contributed by atoms with Gasteiger partial charge in [0.1, 0.15) is 41.9 Å². The molecule has 224 valence electrons. The minimum Gasteiger partial charge on any atom is -0.383 e. The normalized spacial score (nSPS) is 14.0. The van der Waals surface area contributed by atoms with Crippen molar-refractivity contribution in [1.29, 1.82) is 5.26 Å². The zero-order valence-corrected chi connectivity index (χ0v) is 24.1. The molecular formula is C32H28FN11O. The Morgan fingerprint density at radius 2 is 1.82 bits per heavy atom. The molecule has 1 fully saturated rings. The predicted molar refractivity (Wildman–Crippen MR) is 165 cm³/mol. The molecule has 0 amide bonds. The van der Waals surface area contributed by atoms with Crippen molar-refractivity contribution >= 4 is 22.8 Å². The number of nitrogen functional groups attached to an aromatic ring is 1. The summed E-state index contributed by atoms with van der Waals surface area (Å²) < 4.78 is 20.5. The van der Waals surface area contributed by atoms with Crippen molar-refractivity contribution < 1.29 is 8.91 Å². The maximum atomic E-state index is 13.6. The van der Waals surface area contributed by atoms with Crippen LogP contribution in [0, 0.1) is 11.3 Å². The molecule has 45 heavy (non-hydrogen) atoms. The van der Waals surface area contributed by atoms with E-state index in [1.54, 1.807) is 24.5 Å².